The Kier molecular flexibility index (Phi) is 8.49. The molecule has 0 atom stereocenters. The van der Waals surface area contributed by atoms with Crippen LogP contribution in [0.4, 0.5) is 0 Å². The Hall–Kier alpha value is -3.38. The smallest absolute Gasteiger partial charge is 0.330 e. The van der Waals surface area contributed by atoms with Crippen LogP contribution in [0.5, 0.6) is 5.75 Å². The van der Waals surface area contributed by atoms with Crippen LogP contribution in [-0.2, 0) is 31.4 Å². The van der Waals surface area contributed by atoms with Crippen LogP contribution in [0.25, 0.3) is 22.0 Å². The molecule has 0 unspecified atom stereocenters. The van der Waals surface area contributed by atoms with Crippen LogP contribution in [0.2, 0.25) is 0 Å². The Morgan fingerprint density at radius 3 is 2.38 bits per heavy atom. The lowest BCUT2D eigenvalue weighted by atomic mass is 9.99. The minimum Gasteiger partial charge on any atom is -0.494 e. The summed E-state index contributed by atoms with van der Waals surface area (Å²) < 4.78 is 30.4. The Morgan fingerprint density at radius 2 is 1.68 bits per heavy atom. The Labute approximate surface area is 217 Å². The van der Waals surface area contributed by atoms with Gasteiger partial charge in [0.2, 0.25) is 5.91 Å². The molecule has 0 saturated heterocycles. The van der Waals surface area contributed by atoms with Crippen LogP contribution < -0.4 is 10.5 Å². The highest BCUT2D eigenvalue weighted by atomic mass is 31.2. The van der Waals surface area contributed by atoms with Gasteiger partial charge in [0.05, 0.1) is 19.2 Å². The summed E-state index contributed by atoms with van der Waals surface area (Å²) in [5, 5.41) is 0.936. The Bertz CT molecular complexity index is 1420. The van der Waals surface area contributed by atoms with Crippen molar-refractivity contribution in [1.82, 2.24) is 4.57 Å². The highest BCUT2D eigenvalue weighted by molar-refractivity contribution is 7.53. The topological polar surface area (TPSA) is 92.8 Å². The molecule has 0 aliphatic carbocycles. The van der Waals surface area contributed by atoms with E-state index in [1.165, 1.54) is 25.3 Å². The lowest BCUT2D eigenvalue weighted by molar-refractivity contribution is -0.117. The van der Waals surface area contributed by atoms with Gasteiger partial charge in [-0.05, 0) is 53.8 Å². The van der Waals surface area contributed by atoms with Crippen molar-refractivity contribution in [2.75, 3.05) is 27.0 Å². The average Bonchev–Trinajstić information content (AvgIpc) is 3.16. The normalized spacial score (nSPS) is 11.6. The maximum atomic E-state index is 12.2. The number of primary amides is 1. The molecule has 1 heterocycles. The van der Waals surface area contributed by atoms with Gasteiger partial charge in [-0.2, -0.15) is 0 Å². The fraction of sp³-hybridized carbons (Fsp3) is 0.276. The Morgan fingerprint density at radius 1 is 0.973 bits per heavy atom. The molecular formula is C29H33N2O5P. The molecule has 4 rings (SSSR count). The van der Waals surface area contributed by atoms with Gasteiger partial charge < -0.3 is 24.1 Å². The second-order valence-corrected chi connectivity index (χ2v) is 11.3. The summed E-state index contributed by atoms with van der Waals surface area (Å²) in [6, 6.07) is 24.6. The van der Waals surface area contributed by atoms with Crippen molar-refractivity contribution in [1.29, 1.82) is 0 Å². The molecule has 194 valence electrons. The number of amides is 1. The van der Waals surface area contributed by atoms with Gasteiger partial charge in [-0.15, -0.1) is 0 Å². The first-order chi connectivity index (χ1) is 17.8. The summed E-state index contributed by atoms with van der Waals surface area (Å²) in [4.78, 5) is 11.9. The number of rotatable bonds is 12. The molecule has 0 aliphatic heterocycles. The maximum absolute atomic E-state index is 12.2. The number of ether oxygens (including phenoxy) is 1. The minimum absolute atomic E-state index is 0.143. The van der Waals surface area contributed by atoms with E-state index in [2.05, 4.69) is 28.8 Å². The summed E-state index contributed by atoms with van der Waals surface area (Å²) in [5.41, 5.74) is 12.0. The SMILES string of the molecule is COP(=O)(CCCOc1ccc2c(c1)c(CC(N)=O)c(C)n2Cc1ccccc1-c1ccccc1)OC. The molecule has 4 aromatic rings. The van der Waals surface area contributed by atoms with Crippen molar-refractivity contribution < 1.29 is 23.1 Å². The second-order valence-electron chi connectivity index (χ2n) is 8.90. The number of hydrogen-bond acceptors (Lipinski definition) is 5. The molecule has 1 aromatic heterocycles. The molecule has 0 saturated carbocycles. The quantitative estimate of drug-likeness (QED) is 0.184. The van der Waals surface area contributed by atoms with Gasteiger partial charge in [0.15, 0.2) is 0 Å². The van der Waals surface area contributed by atoms with Crippen LogP contribution in [0.15, 0.2) is 72.8 Å². The lowest BCUT2D eigenvalue weighted by Crippen LogP contribution is -2.14. The molecule has 7 nitrogen and oxygen atoms in total. The fourth-order valence-corrected chi connectivity index (χ4v) is 5.69. The molecular weight excluding hydrogens is 487 g/mol. The highest BCUT2D eigenvalue weighted by Crippen LogP contribution is 2.46. The van der Waals surface area contributed by atoms with Crippen molar-refractivity contribution in [3.05, 3.63) is 89.6 Å². The third-order valence-corrected chi connectivity index (χ3v) is 8.59. The van der Waals surface area contributed by atoms with Crippen molar-refractivity contribution >= 4 is 24.4 Å². The molecule has 8 heteroatoms. The van der Waals surface area contributed by atoms with Gasteiger partial charge in [-0.25, -0.2) is 0 Å². The standard InChI is InChI=1S/C29H33N2O5P/c1-21-26(19-29(30)32)27-18-24(36-16-9-17-37(33,34-2)35-3)14-15-28(27)31(21)20-23-12-7-8-13-25(23)22-10-5-4-6-11-22/h4-8,10-15,18H,9,16-17,19-20H2,1-3H3,(H2,30,32). The highest BCUT2D eigenvalue weighted by Gasteiger charge is 2.21. The molecule has 0 radical (unpaired) electrons. The number of benzene rings is 3. The van der Waals surface area contributed by atoms with Gasteiger partial charge in [-0.1, -0.05) is 54.6 Å². The molecule has 3 aromatic carbocycles. The largest absolute Gasteiger partial charge is 0.494 e. The second kappa shape index (κ2) is 11.8. The zero-order valence-electron chi connectivity index (χ0n) is 21.5. The average molecular weight is 521 g/mol. The summed E-state index contributed by atoms with van der Waals surface area (Å²) in [6.07, 6.45) is 0.927. The van der Waals surface area contributed by atoms with Crippen molar-refractivity contribution in [3.63, 3.8) is 0 Å². The predicted molar refractivity (Wildman–Crippen MR) is 147 cm³/mol. The first kappa shape index (κ1) is 26.7. The number of nitrogens with two attached hydrogens (primary N) is 1. The number of carbonyl (C=O) groups is 1. The monoisotopic (exact) mass is 520 g/mol. The van der Waals surface area contributed by atoms with Gasteiger partial charge in [0.25, 0.3) is 0 Å². The first-order valence-electron chi connectivity index (χ1n) is 12.2. The number of hydrogen-bond donors (Lipinski definition) is 1. The van der Waals surface area contributed by atoms with Crippen LogP contribution in [-0.4, -0.2) is 37.5 Å². The lowest BCUT2D eigenvalue weighted by Gasteiger charge is -2.14. The zero-order chi connectivity index (χ0) is 26.4. The van der Waals surface area contributed by atoms with E-state index in [0.717, 1.165) is 27.7 Å². The van der Waals surface area contributed by atoms with E-state index < -0.39 is 7.60 Å². The molecule has 0 spiro atoms. The van der Waals surface area contributed by atoms with E-state index >= 15 is 0 Å². The summed E-state index contributed by atoms with van der Waals surface area (Å²) in [7, 11) is -0.304. The molecule has 1 amide bonds. The van der Waals surface area contributed by atoms with Gasteiger partial charge in [-0.3, -0.25) is 9.36 Å². The van der Waals surface area contributed by atoms with Crippen molar-refractivity contribution in [3.8, 4) is 16.9 Å². The summed E-state index contributed by atoms with van der Waals surface area (Å²) in [6.45, 7) is 3.03. The summed E-state index contributed by atoms with van der Waals surface area (Å²) >= 11 is 0. The first-order valence-corrected chi connectivity index (χ1v) is 13.9. The van der Waals surface area contributed by atoms with Crippen molar-refractivity contribution in [2.45, 2.75) is 26.3 Å². The molecule has 0 aliphatic rings. The molecule has 2 N–H and O–H groups in total. The summed E-state index contributed by atoms with van der Waals surface area (Å²) in [5.74, 6) is 0.290. The maximum Gasteiger partial charge on any atom is 0.330 e. The molecule has 0 bridgehead atoms. The van der Waals surface area contributed by atoms with E-state index in [0.29, 0.717) is 25.3 Å². The molecule has 37 heavy (non-hydrogen) atoms. The van der Waals surface area contributed by atoms with E-state index in [1.807, 2.05) is 55.5 Å². The van der Waals surface area contributed by atoms with E-state index in [4.69, 9.17) is 19.5 Å². The number of aromatic nitrogens is 1. The number of fused-ring (bicyclic) bond motifs is 1. The third-order valence-electron chi connectivity index (χ3n) is 6.61. The zero-order valence-corrected chi connectivity index (χ0v) is 22.4. The van der Waals surface area contributed by atoms with Crippen LogP contribution in [0, 0.1) is 6.92 Å². The number of carbonyl (C=O) groups excluding carboxylic acids is 1. The number of nitrogens with zero attached hydrogens (tertiary/aromatic N) is 1. The predicted octanol–water partition coefficient (Wildman–Crippen LogP) is 5.95. The Balaban J connectivity index is 1.65. The molecule has 0 fully saturated rings. The van der Waals surface area contributed by atoms with Gasteiger partial charge in [0.1, 0.15) is 5.75 Å². The van der Waals surface area contributed by atoms with Gasteiger partial charge in [0, 0.05) is 37.4 Å². The minimum atomic E-state index is -3.06. The van der Waals surface area contributed by atoms with E-state index in [9.17, 15) is 9.36 Å². The van der Waals surface area contributed by atoms with E-state index in [-0.39, 0.29) is 18.5 Å². The van der Waals surface area contributed by atoms with Crippen LogP contribution in [0.1, 0.15) is 23.2 Å². The fourth-order valence-electron chi connectivity index (χ4n) is 4.65. The van der Waals surface area contributed by atoms with E-state index in [1.54, 1.807) is 0 Å². The third kappa shape index (κ3) is 6.13. The van der Waals surface area contributed by atoms with Crippen LogP contribution >= 0.6 is 7.60 Å². The van der Waals surface area contributed by atoms with Gasteiger partial charge >= 0.3 is 7.60 Å². The van der Waals surface area contributed by atoms with Crippen molar-refractivity contribution in [2.24, 2.45) is 5.73 Å². The van der Waals surface area contributed by atoms with Crippen LogP contribution in [0.3, 0.4) is 0 Å².